The van der Waals surface area contributed by atoms with Crippen molar-refractivity contribution < 1.29 is 18.1 Å². The summed E-state index contributed by atoms with van der Waals surface area (Å²) in [6.07, 6.45) is 0.604. The Hall–Kier alpha value is -1.67. The Labute approximate surface area is 136 Å². The lowest BCUT2D eigenvalue weighted by molar-refractivity contribution is -0.384. The zero-order valence-corrected chi connectivity index (χ0v) is 14.2. The van der Waals surface area contributed by atoms with Crippen LogP contribution in [0.25, 0.3) is 0 Å². The molecule has 0 spiro atoms. The summed E-state index contributed by atoms with van der Waals surface area (Å²) < 4.78 is 29.2. The number of non-ortho nitro benzene ring substituents is 1. The van der Waals surface area contributed by atoms with Crippen LogP contribution in [0.5, 0.6) is 5.75 Å². The van der Waals surface area contributed by atoms with Crippen LogP contribution >= 0.6 is 0 Å². The Kier molecular flexibility index (Phi) is 5.26. The van der Waals surface area contributed by atoms with E-state index >= 15 is 0 Å². The van der Waals surface area contributed by atoms with Crippen LogP contribution in [0.3, 0.4) is 0 Å². The monoisotopic (exact) mass is 342 g/mol. The molecule has 0 N–H and O–H groups in total. The maximum absolute atomic E-state index is 12.1. The third-order valence-corrected chi connectivity index (χ3v) is 6.88. The molecule has 0 aliphatic carbocycles. The molecule has 1 aliphatic heterocycles. The maximum Gasteiger partial charge on any atom is 0.269 e. The molecule has 0 aromatic heterocycles. The highest BCUT2D eigenvalue weighted by atomic mass is 32.2. The van der Waals surface area contributed by atoms with Crippen LogP contribution in [-0.4, -0.2) is 55.0 Å². The Morgan fingerprint density at radius 2 is 1.91 bits per heavy atom. The van der Waals surface area contributed by atoms with Gasteiger partial charge in [0, 0.05) is 25.2 Å². The Morgan fingerprint density at radius 3 is 2.52 bits per heavy atom. The fraction of sp³-hybridized carbons (Fsp3) is 0.600. The van der Waals surface area contributed by atoms with Gasteiger partial charge in [0.15, 0.2) is 9.84 Å². The number of ether oxygens (including phenoxy) is 1. The number of nitro groups is 1. The van der Waals surface area contributed by atoms with E-state index in [4.69, 9.17) is 4.74 Å². The minimum atomic E-state index is -3.07. The summed E-state index contributed by atoms with van der Waals surface area (Å²) in [7, 11) is -3.07. The van der Waals surface area contributed by atoms with Crippen molar-refractivity contribution in [3.63, 3.8) is 0 Å². The third-order valence-electron chi connectivity index (χ3n) is 4.27. The molecule has 0 atom stereocenters. The van der Waals surface area contributed by atoms with Crippen LogP contribution in [0.4, 0.5) is 5.69 Å². The second kappa shape index (κ2) is 6.84. The average molecular weight is 342 g/mol. The topological polar surface area (TPSA) is 89.8 Å². The molecule has 23 heavy (non-hydrogen) atoms. The van der Waals surface area contributed by atoms with Gasteiger partial charge >= 0.3 is 0 Å². The average Bonchev–Trinajstić information content (AvgIpc) is 2.58. The van der Waals surface area contributed by atoms with Crippen LogP contribution in [0.15, 0.2) is 24.3 Å². The Morgan fingerprint density at radius 1 is 1.26 bits per heavy atom. The molecule has 7 nitrogen and oxygen atoms in total. The molecule has 1 aromatic rings. The molecule has 0 saturated carbocycles. The number of rotatable bonds is 5. The van der Waals surface area contributed by atoms with Crippen molar-refractivity contribution in [2.24, 2.45) is 0 Å². The van der Waals surface area contributed by atoms with E-state index in [0.29, 0.717) is 31.9 Å². The summed E-state index contributed by atoms with van der Waals surface area (Å²) >= 11 is 0. The first kappa shape index (κ1) is 17.7. The van der Waals surface area contributed by atoms with E-state index in [1.54, 1.807) is 26.0 Å². The van der Waals surface area contributed by atoms with Crippen molar-refractivity contribution in [2.45, 2.75) is 25.0 Å². The third kappa shape index (κ3) is 4.42. The van der Waals surface area contributed by atoms with E-state index in [1.165, 1.54) is 12.1 Å². The van der Waals surface area contributed by atoms with Gasteiger partial charge in [0.2, 0.25) is 0 Å². The summed E-state index contributed by atoms with van der Waals surface area (Å²) in [5.41, 5.74) is 0.0253. The zero-order valence-electron chi connectivity index (χ0n) is 13.4. The first-order valence-corrected chi connectivity index (χ1v) is 9.18. The van der Waals surface area contributed by atoms with E-state index < -0.39 is 19.5 Å². The molecule has 0 bridgehead atoms. The fourth-order valence-electron chi connectivity index (χ4n) is 2.40. The van der Waals surface area contributed by atoms with Gasteiger partial charge in [-0.15, -0.1) is 0 Å². The molecule has 0 radical (unpaired) electrons. The molecule has 0 amide bonds. The number of nitro benzene ring substituents is 1. The van der Waals surface area contributed by atoms with Crippen LogP contribution < -0.4 is 4.74 Å². The van der Waals surface area contributed by atoms with E-state index in [0.717, 1.165) is 6.54 Å². The van der Waals surface area contributed by atoms with Crippen LogP contribution in [0.2, 0.25) is 0 Å². The number of benzene rings is 1. The molecule has 128 valence electrons. The minimum absolute atomic E-state index is 0.0253. The minimum Gasteiger partial charge on any atom is -0.492 e. The number of hydrogen-bond acceptors (Lipinski definition) is 6. The van der Waals surface area contributed by atoms with Gasteiger partial charge in [-0.05, 0) is 38.9 Å². The van der Waals surface area contributed by atoms with E-state index in [9.17, 15) is 18.5 Å². The summed E-state index contributed by atoms with van der Waals surface area (Å²) in [5.74, 6) is 0.732. The van der Waals surface area contributed by atoms with Crippen LogP contribution in [0, 0.1) is 10.1 Å². The zero-order chi connectivity index (χ0) is 17.1. The summed E-state index contributed by atoms with van der Waals surface area (Å²) in [4.78, 5) is 12.2. The largest absolute Gasteiger partial charge is 0.492 e. The second-order valence-electron chi connectivity index (χ2n) is 6.27. The normalized spacial score (nSPS) is 20.6. The van der Waals surface area contributed by atoms with Gasteiger partial charge in [-0.3, -0.25) is 15.0 Å². The van der Waals surface area contributed by atoms with E-state index in [2.05, 4.69) is 4.90 Å². The Bertz CT molecular complexity index is 655. The van der Waals surface area contributed by atoms with Gasteiger partial charge in [0.25, 0.3) is 5.69 Å². The number of nitrogens with zero attached hydrogens (tertiary/aromatic N) is 2. The molecular formula is C15H22N2O5S. The predicted molar refractivity (Wildman–Crippen MR) is 87.5 cm³/mol. The summed E-state index contributed by atoms with van der Waals surface area (Å²) in [6.45, 7) is 5.82. The molecule has 1 aromatic carbocycles. The summed E-state index contributed by atoms with van der Waals surface area (Å²) in [5, 5.41) is 10.6. The van der Waals surface area contributed by atoms with Crippen molar-refractivity contribution in [1.82, 2.24) is 4.90 Å². The smallest absolute Gasteiger partial charge is 0.269 e. The highest BCUT2D eigenvalue weighted by molar-refractivity contribution is 7.92. The standard InChI is InChI=1S/C15H22N2O5S/c1-15(2)7-8-16(10-12-23(15,20)21)9-11-22-14-5-3-13(4-6-14)17(18)19/h3-6H,7-12H2,1-2H3. The van der Waals surface area contributed by atoms with Crippen molar-refractivity contribution in [3.05, 3.63) is 34.4 Å². The molecule has 0 unspecified atom stereocenters. The SMILES string of the molecule is CC1(C)CCN(CCOc2ccc([N+](=O)[O-])cc2)CCS1(=O)=O. The molecule has 2 rings (SSSR count). The highest BCUT2D eigenvalue weighted by Crippen LogP contribution is 2.25. The van der Waals surface area contributed by atoms with Crippen molar-refractivity contribution in [1.29, 1.82) is 0 Å². The lowest BCUT2D eigenvalue weighted by atomic mass is 10.1. The first-order valence-electron chi connectivity index (χ1n) is 7.53. The van der Waals surface area contributed by atoms with Crippen molar-refractivity contribution >= 4 is 15.5 Å². The van der Waals surface area contributed by atoms with Crippen LogP contribution in [0.1, 0.15) is 20.3 Å². The van der Waals surface area contributed by atoms with Crippen molar-refractivity contribution in [3.8, 4) is 5.75 Å². The van der Waals surface area contributed by atoms with Crippen molar-refractivity contribution in [2.75, 3.05) is 32.0 Å². The van der Waals surface area contributed by atoms with Gasteiger partial charge < -0.3 is 4.74 Å². The maximum atomic E-state index is 12.1. The molecular weight excluding hydrogens is 320 g/mol. The summed E-state index contributed by atoms with van der Waals surface area (Å²) in [6, 6.07) is 5.93. The number of sulfone groups is 1. The second-order valence-corrected chi connectivity index (χ2v) is 9.01. The van der Waals surface area contributed by atoms with Gasteiger partial charge in [0.1, 0.15) is 12.4 Å². The predicted octanol–water partition coefficient (Wildman–Crippen LogP) is 1.87. The first-order chi connectivity index (χ1) is 10.7. The lowest BCUT2D eigenvalue weighted by Gasteiger charge is -2.22. The molecule has 1 fully saturated rings. The van der Waals surface area contributed by atoms with Gasteiger partial charge in [-0.1, -0.05) is 0 Å². The Balaban J connectivity index is 1.84. The van der Waals surface area contributed by atoms with Gasteiger partial charge in [0.05, 0.1) is 15.4 Å². The number of hydrogen-bond donors (Lipinski definition) is 0. The highest BCUT2D eigenvalue weighted by Gasteiger charge is 2.36. The van der Waals surface area contributed by atoms with Gasteiger partial charge in [-0.25, -0.2) is 8.42 Å². The molecule has 8 heteroatoms. The molecule has 1 aliphatic rings. The van der Waals surface area contributed by atoms with E-state index in [-0.39, 0.29) is 11.4 Å². The molecule has 1 saturated heterocycles. The van der Waals surface area contributed by atoms with Gasteiger partial charge in [-0.2, -0.15) is 0 Å². The molecule has 1 heterocycles. The quantitative estimate of drug-likeness (QED) is 0.599. The fourth-order valence-corrected chi connectivity index (χ4v) is 3.85. The van der Waals surface area contributed by atoms with Crippen LogP contribution in [-0.2, 0) is 9.84 Å². The lowest BCUT2D eigenvalue weighted by Crippen LogP contribution is -2.33. The van der Waals surface area contributed by atoms with E-state index in [1.807, 2.05) is 0 Å².